The second-order valence-electron chi connectivity index (χ2n) is 7.89. The van der Waals surface area contributed by atoms with Crippen molar-refractivity contribution in [3.63, 3.8) is 0 Å². The highest BCUT2D eigenvalue weighted by Gasteiger charge is 2.52. The van der Waals surface area contributed by atoms with Gasteiger partial charge in [0.25, 0.3) is 0 Å². The highest BCUT2D eigenvalue weighted by atomic mass is 16.7. The number of unbranched alkanes of at least 4 members (excludes halogenated alkanes) is 1. The molecule has 0 bridgehead atoms. The first-order chi connectivity index (χ1) is 12.4. The van der Waals surface area contributed by atoms with Crippen LogP contribution in [0.25, 0.3) is 0 Å². The fourth-order valence-corrected chi connectivity index (χ4v) is 2.72. The van der Waals surface area contributed by atoms with Crippen molar-refractivity contribution in [2.75, 3.05) is 6.61 Å². The lowest BCUT2D eigenvalue weighted by Gasteiger charge is -2.32. The van der Waals surface area contributed by atoms with E-state index in [0.717, 1.165) is 31.2 Å². The van der Waals surface area contributed by atoms with Gasteiger partial charge in [0.2, 0.25) is 0 Å². The average Bonchev–Trinajstić information content (AvgIpc) is 2.82. The van der Waals surface area contributed by atoms with Crippen LogP contribution in [0, 0.1) is 0 Å². The molecule has 0 aliphatic carbocycles. The smallest absolute Gasteiger partial charge is 0.399 e. The Morgan fingerprint density at radius 1 is 1.12 bits per heavy atom. The summed E-state index contributed by atoms with van der Waals surface area (Å²) in [6, 6.07) is 10.2. The molecule has 1 aliphatic heterocycles. The van der Waals surface area contributed by atoms with Crippen molar-refractivity contribution in [3.8, 4) is 0 Å². The molecule has 0 amide bonds. The summed E-state index contributed by atoms with van der Waals surface area (Å²) in [6.07, 6.45) is 6.10. The van der Waals surface area contributed by atoms with Gasteiger partial charge in [-0.05, 0) is 58.6 Å². The van der Waals surface area contributed by atoms with Crippen LogP contribution in [0.1, 0.15) is 65.9 Å². The Morgan fingerprint density at radius 3 is 2.38 bits per heavy atom. The first-order valence-electron chi connectivity index (χ1n) is 9.77. The van der Waals surface area contributed by atoms with E-state index in [2.05, 4.69) is 58.6 Å². The van der Waals surface area contributed by atoms with E-state index >= 15 is 0 Å². The molecule has 26 heavy (non-hydrogen) atoms. The molecule has 4 heteroatoms. The average molecular weight is 356 g/mol. The molecule has 142 valence electrons. The highest BCUT2D eigenvalue weighted by Crippen LogP contribution is 2.39. The van der Waals surface area contributed by atoms with E-state index in [9.17, 15) is 0 Å². The Kier molecular flexibility index (Phi) is 7.73. The van der Waals surface area contributed by atoms with E-state index in [-0.39, 0.29) is 18.3 Å². The van der Waals surface area contributed by atoms with Crippen molar-refractivity contribution in [1.29, 1.82) is 0 Å². The van der Waals surface area contributed by atoms with Crippen LogP contribution in [0.4, 0.5) is 0 Å². The van der Waals surface area contributed by atoms with Crippen molar-refractivity contribution in [2.24, 2.45) is 0 Å². The minimum Gasteiger partial charge on any atom is -0.399 e. The van der Waals surface area contributed by atoms with Gasteiger partial charge in [0.1, 0.15) is 0 Å². The number of ether oxygens (including phenoxy) is 1. The van der Waals surface area contributed by atoms with Crippen LogP contribution in [0.3, 0.4) is 0 Å². The van der Waals surface area contributed by atoms with E-state index in [1.165, 1.54) is 5.56 Å². The summed E-state index contributed by atoms with van der Waals surface area (Å²) < 4.78 is 18.1. The summed E-state index contributed by atoms with van der Waals surface area (Å²) >= 11 is 0. The maximum Gasteiger partial charge on any atom is 0.498 e. The zero-order valence-corrected chi connectivity index (χ0v) is 17.0. The second-order valence-corrected chi connectivity index (χ2v) is 7.89. The maximum atomic E-state index is 6.19. The van der Waals surface area contributed by atoms with Crippen molar-refractivity contribution < 1.29 is 14.0 Å². The SMILES string of the molecule is CCCCC(=C=CCCOCc1ccccc1)B1OC(C)(C)C(C)(C)O1. The molecule has 1 saturated heterocycles. The molecule has 0 N–H and O–H groups in total. The van der Waals surface area contributed by atoms with Crippen molar-refractivity contribution in [3.05, 3.63) is 53.2 Å². The van der Waals surface area contributed by atoms with E-state index in [0.29, 0.717) is 13.2 Å². The van der Waals surface area contributed by atoms with Gasteiger partial charge in [-0.3, -0.25) is 0 Å². The molecule has 1 aliphatic rings. The molecule has 0 aromatic heterocycles. The molecule has 2 rings (SSSR count). The van der Waals surface area contributed by atoms with Crippen molar-refractivity contribution in [1.82, 2.24) is 0 Å². The van der Waals surface area contributed by atoms with E-state index in [4.69, 9.17) is 14.0 Å². The highest BCUT2D eigenvalue weighted by molar-refractivity contribution is 6.54. The lowest BCUT2D eigenvalue weighted by Crippen LogP contribution is -2.41. The third kappa shape index (κ3) is 5.85. The molecule has 0 saturated carbocycles. The Morgan fingerprint density at radius 2 is 1.77 bits per heavy atom. The van der Waals surface area contributed by atoms with Gasteiger partial charge in [-0.2, -0.15) is 0 Å². The molecular formula is C22H33BO3. The monoisotopic (exact) mass is 356 g/mol. The summed E-state index contributed by atoms with van der Waals surface area (Å²) in [5.41, 5.74) is 5.12. The maximum absolute atomic E-state index is 6.19. The Balaban J connectivity index is 1.90. The number of rotatable bonds is 9. The van der Waals surface area contributed by atoms with E-state index in [1.807, 2.05) is 18.2 Å². The number of hydrogen-bond donors (Lipinski definition) is 0. The predicted molar refractivity (Wildman–Crippen MR) is 108 cm³/mol. The molecule has 1 aromatic rings. The van der Waals surface area contributed by atoms with Crippen molar-refractivity contribution >= 4 is 7.12 Å². The molecule has 1 aromatic carbocycles. The first-order valence-corrected chi connectivity index (χ1v) is 9.77. The minimum absolute atomic E-state index is 0.298. The Hall–Kier alpha value is -1.32. The minimum atomic E-state index is -0.310. The third-order valence-electron chi connectivity index (χ3n) is 5.14. The predicted octanol–water partition coefficient (Wildman–Crippen LogP) is 5.50. The van der Waals surface area contributed by atoms with Gasteiger partial charge >= 0.3 is 7.12 Å². The number of hydrogen-bond acceptors (Lipinski definition) is 3. The van der Waals surface area contributed by atoms with Gasteiger partial charge in [-0.15, -0.1) is 5.73 Å². The van der Waals surface area contributed by atoms with Crippen LogP contribution in [0.15, 0.2) is 47.6 Å². The van der Waals surface area contributed by atoms with Crippen molar-refractivity contribution in [2.45, 2.75) is 78.1 Å². The largest absolute Gasteiger partial charge is 0.498 e. The quantitative estimate of drug-likeness (QED) is 0.332. The fourth-order valence-electron chi connectivity index (χ4n) is 2.72. The molecular weight excluding hydrogens is 323 g/mol. The van der Waals surface area contributed by atoms with Crippen LogP contribution in [0.2, 0.25) is 0 Å². The lowest BCUT2D eigenvalue weighted by molar-refractivity contribution is 0.00578. The van der Waals surface area contributed by atoms with Crippen LogP contribution in [0.5, 0.6) is 0 Å². The first kappa shape index (κ1) is 21.0. The molecule has 0 unspecified atom stereocenters. The summed E-state index contributed by atoms with van der Waals surface area (Å²) in [5.74, 6) is 0. The summed E-state index contributed by atoms with van der Waals surface area (Å²) in [5, 5.41) is 0. The standard InChI is InChI=1S/C22H33BO3/c1-6-7-15-20(23-25-21(2,3)22(4,5)26-23)16-11-12-17-24-18-19-13-9-8-10-14-19/h8-11,13-14H,6-7,12,15,17-18H2,1-5H3. The lowest BCUT2D eigenvalue weighted by atomic mass is 9.76. The van der Waals surface area contributed by atoms with E-state index < -0.39 is 0 Å². The van der Waals surface area contributed by atoms with E-state index in [1.54, 1.807) is 0 Å². The molecule has 0 atom stereocenters. The zero-order chi connectivity index (χ0) is 19.0. The van der Waals surface area contributed by atoms with Gasteiger partial charge < -0.3 is 14.0 Å². The second kappa shape index (κ2) is 9.57. The van der Waals surface area contributed by atoms with Gasteiger partial charge in [-0.25, -0.2) is 0 Å². The zero-order valence-electron chi connectivity index (χ0n) is 17.0. The molecule has 3 nitrogen and oxygen atoms in total. The van der Waals surface area contributed by atoms with Crippen LogP contribution < -0.4 is 0 Å². The Bertz CT molecular complexity index is 600. The van der Waals surface area contributed by atoms with Gasteiger partial charge in [0.15, 0.2) is 0 Å². The molecule has 0 spiro atoms. The molecule has 1 heterocycles. The Labute approximate surface area is 159 Å². The van der Waals surface area contributed by atoms with Gasteiger partial charge in [0.05, 0.1) is 24.4 Å². The topological polar surface area (TPSA) is 27.7 Å². The summed E-state index contributed by atoms with van der Waals surface area (Å²) in [6.45, 7) is 11.9. The third-order valence-corrected chi connectivity index (χ3v) is 5.14. The summed E-state index contributed by atoms with van der Waals surface area (Å²) in [4.78, 5) is 0. The molecule has 1 fully saturated rings. The summed E-state index contributed by atoms with van der Waals surface area (Å²) in [7, 11) is -0.298. The van der Waals surface area contributed by atoms with Crippen LogP contribution in [-0.4, -0.2) is 24.9 Å². The van der Waals surface area contributed by atoms with Gasteiger partial charge in [-0.1, -0.05) is 43.7 Å². The molecule has 0 radical (unpaired) electrons. The van der Waals surface area contributed by atoms with Crippen LogP contribution in [-0.2, 0) is 20.7 Å². The fraction of sp³-hybridized carbons (Fsp3) is 0.591. The van der Waals surface area contributed by atoms with Gasteiger partial charge in [0, 0.05) is 5.47 Å². The normalized spacial score (nSPS) is 17.8. The number of benzene rings is 1. The van der Waals surface area contributed by atoms with Crippen LogP contribution >= 0.6 is 0 Å².